The summed E-state index contributed by atoms with van der Waals surface area (Å²) in [5.41, 5.74) is 3.97. The first kappa shape index (κ1) is 12.7. The molecule has 1 spiro atoms. The second-order valence-electron chi connectivity index (χ2n) is 6.99. The van der Waals surface area contributed by atoms with Gasteiger partial charge in [0, 0.05) is 15.4 Å². The smallest absolute Gasteiger partial charge is 0.0178 e. The summed E-state index contributed by atoms with van der Waals surface area (Å²) < 4.78 is 1.23. The maximum atomic E-state index is 3.67. The fourth-order valence-electron chi connectivity index (χ4n) is 3.46. The maximum Gasteiger partial charge on any atom is 0.0178 e. The summed E-state index contributed by atoms with van der Waals surface area (Å²) in [5.74, 6) is 0.846. The molecule has 2 unspecified atom stereocenters. The molecular weight excluding hydrogens is 286 g/mol. The molecular formula is C16H22BrN. The Labute approximate surface area is 118 Å². The Balaban J connectivity index is 1.74. The van der Waals surface area contributed by atoms with Gasteiger partial charge in [-0.15, -0.1) is 0 Å². The molecule has 0 bridgehead atoms. The van der Waals surface area contributed by atoms with Gasteiger partial charge in [0.05, 0.1) is 0 Å². The van der Waals surface area contributed by atoms with Gasteiger partial charge < -0.3 is 5.32 Å². The molecule has 1 aromatic rings. The first-order valence-electron chi connectivity index (χ1n) is 6.95. The summed E-state index contributed by atoms with van der Waals surface area (Å²) in [7, 11) is 0. The molecule has 2 heteroatoms. The van der Waals surface area contributed by atoms with Gasteiger partial charge >= 0.3 is 0 Å². The van der Waals surface area contributed by atoms with E-state index in [9.17, 15) is 0 Å². The topological polar surface area (TPSA) is 12.0 Å². The number of halogens is 1. The summed E-state index contributed by atoms with van der Waals surface area (Å²) in [6.45, 7) is 7.92. The number of hydrogen-bond acceptors (Lipinski definition) is 1. The van der Waals surface area contributed by atoms with E-state index in [4.69, 9.17) is 0 Å². The normalized spacial score (nSPS) is 29.7. The molecule has 2 aliphatic rings. The van der Waals surface area contributed by atoms with Gasteiger partial charge in [0.15, 0.2) is 0 Å². The Morgan fingerprint density at radius 1 is 1.39 bits per heavy atom. The fourth-order valence-corrected chi connectivity index (χ4v) is 3.87. The third-order valence-electron chi connectivity index (χ3n) is 4.55. The van der Waals surface area contributed by atoms with Crippen LogP contribution in [0, 0.1) is 5.92 Å². The Morgan fingerprint density at radius 3 is 2.89 bits per heavy atom. The lowest BCUT2D eigenvalue weighted by atomic mass is 9.95. The minimum absolute atomic E-state index is 0.241. The van der Waals surface area contributed by atoms with Crippen molar-refractivity contribution in [2.75, 3.05) is 6.54 Å². The minimum atomic E-state index is 0.241. The number of hydrogen-bond donors (Lipinski definition) is 1. The van der Waals surface area contributed by atoms with E-state index in [0.717, 1.165) is 5.92 Å². The first-order valence-corrected chi connectivity index (χ1v) is 7.74. The van der Waals surface area contributed by atoms with Gasteiger partial charge in [0.1, 0.15) is 0 Å². The van der Waals surface area contributed by atoms with Crippen molar-refractivity contribution in [3.05, 3.63) is 33.8 Å². The fraction of sp³-hybridized carbons (Fsp3) is 0.625. The highest BCUT2D eigenvalue weighted by Crippen LogP contribution is 2.61. The van der Waals surface area contributed by atoms with Gasteiger partial charge in [0.25, 0.3) is 0 Å². The highest BCUT2D eigenvalue weighted by atomic mass is 79.9. The molecule has 3 rings (SSSR count). The number of fused-ring (bicyclic) bond motifs is 2. The lowest BCUT2D eigenvalue weighted by Crippen LogP contribution is -2.38. The summed E-state index contributed by atoms with van der Waals surface area (Å²) in [6.07, 6.45) is 4.00. The molecule has 2 aliphatic carbocycles. The van der Waals surface area contributed by atoms with E-state index >= 15 is 0 Å². The first-order chi connectivity index (χ1) is 8.41. The molecule has 2 atom stereocenters. The zero-order valence-corrected chi connectivity index (χ0v) is 13.1. The number of rotatable bonds is 2. The molecule has 1 saturated carbocycles. The molecule has 98 valence electrons. The number of benzene rings is 1. The maximum absolute atomic E-state index is 3.67. The quantitative estimate of drug-likeness (QED) is 0.869. The summed E-state index contributed by atoms with van der Waals surface area (Å²) in [6, 6.07) is 6.87. The van der Waals surface area contributed by atoms with Crippen LogP contribution in [0.4, 0.5) is 0 Å². The van der Waals surface area contributed by atoms with E-state index in [2.05, 4.69) is 60.2 Å². The average Bonchev–Trinajstić information content (AvgIpc) is 2.86. The highest BCUT2D eigenvalue weighted by molar-refractivity contribution is 9.10. The zero-order valence-electron chi connectivity index (χ0n) is 11.5. The van der Waals surface area contributed by atoms with Gasteiger partial charge in [-0.2, -0.15) is 0 Å². The van der Waals surface area contributed by atoms with Gasteiger partial charge in [-0.1, -0.05) is 22.0 Å². The van der Waals surface area contributed by atoms with Crippen LogP contribution < -0.4 is 5.32 Å². The van der Waals surface area contributed by atoms with Crippen LogP contribution in [0.25, 0.3) is 0 Å². The van der Waals surface area contributed by atoms with E-state index in [-0.39, 0.29) is 5.54 Å². The van der Waals surface area contributed by atoms with Crippen molar-refractivity contribution >= 4 is 15.9 Å². The van der Waals surface area contributed by atoms with Gasteiger partial charge in [-0.3, -0.25) is 0 Å². The van der Waals surface area contributed by atoms with Crippen molar-refractivity contribution in [3.63, 3.8) is 0 Å². The molecule has 18 heavy (non-hydrogen) atoms. The van der Waals surface area contributed by atoms with Crippen LogP contribution in [0.2, 0.25) is 0 Å². The molecule has 1 nitrogen and oxygen atoms in total. The third kappa shape index (κ3) is 2.14. The second kappa shape index (κ2) is 4.08. The van der Waals surface area contributed by atoms with Crippen molar-refractivity contribution in [2.24, 2.45) is 5.92 Å². The molecule has 1 fully saturated rings. The Kier molecular flexibility index (Phi) is 2.87. The molecule has 1 N–H and O–H groups in total. The molecule has 0 radical (unpaired) electrons. The van der Waals surface area contributed by atoms with E-state index in [1.165, 1.54) is 30.3 Å². The van der Waals surface area contributed by atoms with E-state index in [1.807, 2.05) is 0 Å². The Morgan fingerprint density at radius 2 is 2.17 bits per heavy atom. The van der Waals surface area contributed by atoms with Gasteiger partial charge in [-0.25, -0.2) is 0 Å². The van der Waals surface area contributed by atoms with Crippen molar-refractivity contribution in [1.29, 1.82) is 0 Å². The minimum Gasteiger partial charge on any atom is -0.312 e. The predicted molar refractivity (Wildman–Crippen MR) is 80.0 cm³/mol. The number of nitrogens with one attached hydrogen (secondary N) is 1. The standard InChI is InChI=1S/C16H22BrN/c1-15(2,3)18-10-12-9-16(12)7-6-11-8-13(17)4-5-14(11)16/h4-5,8,12,18H,6-7,9-10H2,1-3H3. The van der Waals surface area contributed by atoms with Crippen molar-refractivity contribution in [2.45, 2.75) is 51.0 Å². The van der Waals surface area contributed by atoms with Crippen LogP contribution in [0.1, 0.15) is 44.7 Å². The summed E-state index contributed by atoms with van der Waals surface area (Å²) >= 11 is 3.58. The van der Waals surface area contributed by atoms with Crippen LogP contribution in [0.3, 0.4) is 0 Å². The van der Waals surface area contributed by atoms with E-state index in [0.29, 0.717) is 5.41 Å². The molecule has 0 heterocycles. The van der Waals surface area contributed by atoms with Crippen LogP contribution in [0.5, 0.6) is 0 Å². The Hall–Kier alpha value is -0.340. The van der Waals surface area contributed by atoms with Crippen molar-refractivity contribution in [3.8, 4) is 0 Å². The second-order valence-corrected chi connectivity index (χ2v) is 7.91. The van der Waals surface area contributed by atoms with Gasteiger partial charge in [0.2, 0.25) is 0 Å². The van der Waals surface area contributed by atoms with Gasteiger partial charge in [-0.05, 0) is 75.8 Å². The highest BCUT2D eigenvalue weighted by Gasteiger charge is 2.57. The molecule has 0 saturated heterocycles. The lowest BCUT2D eigenvalue weighted by Gasteiger charge is -2.21. The summed E-state index contributed by atoms with van der Waals surface area (Å²) in [4.78, 5) is 0. The molecule has 0 aromatic heterocycles. The largest absolute Gasteiger partial charge is 0.312 e. The molecule has 1 aromatic carbocycles. The van der Waals surface area contributed by atoms with Crippen LogP contribution >= 0.6 is 15.9 Å². The molecule has 0 amide bonds. The lowest BCUT2D eigenvalue weighted by molar-refractivity contribution is 0.402. The number of aryl methyl sites for hydroxylation is 1. The third-order valence-corrected chi connectivity index (χ3v) is 5.05. The van der Waals surface area contributed by atoms with Crippen molar-refractivity contribution in [1.82, 2.24) is 5.32 Å². The van der Waals surface area contributed by atoms with Crippen LogP contribution in [-0.2, 0) is 11.8 Å². The molecule has 0 aliphatic heterocycles. The monoisotopic (exact) mass is 307 g/mol. The average molecular weight is 308 g/mol. The van der Waals surface area contributed by atoms with E-state index < -0.39 is 0 Å². The van der Waals surface area contributed by atoms with Crippen LogP contribution in [-0.4, -0.2) is 12.1 Å². The SMILES string of the molecule is CC(C)(C)NCC1CC12CCc1cc(Br)ccc12. The van der Waals surface area contributed by atoms with Crippen LogP contribution in [0.15, 0.2) is 22.7 Å². The zero-order chi connectivity index (χ0) is 13.0. The summed E-state index contributed by atoms with van der Waals surface area (Å²) in [5, 5.41) is 3.67. The van der Waals surface area contributed by atoms with Crippen molar-refractivity contribution < 1.29 is 0 Å². The van der Waals surface area contributed by atoms with E-state index in [1.54, 1.807) is 11.1 Å². The predicted octanol–water partition coefficient (Wildman–Crippen LogP) is 4.04. The Bertz CT molecular complexity index is 474.